The summed E-state index contributed by atoms with van der Waals surface area (Å²) in [6.45, 7) is 11.5. The lowest BCUT2D eigenvalue weighted by Crippen LogP contribution is -2.15. The van der Waals surface area contributed by atoms with Crippen LogP contribution in [0.4, 0.5) is 22.7 Å². The average molecular weight is 672 g/mol. The first kappa shape index (κ1) is 30.7. The van der Waals surface area contributed by atoms with Crippen LogP contribution < -0.4 is 10.6 Å². The van der Waals surface area contributed by atoms with Gasteiger partial charge >= 0.3 is 0 Å². The second-order valence-electron chi connectivity index (χ2n) is 15.8. The summed E-state index contributed by atoms with van der Waals surface area (Å²) in [4.78, 5) is 0. The number of aryl methyl sites for hydroxylation is 1. The van der Waals surface area contributed by atoms with Crippen molar-refractivity contribution >= 4 is 44.6 Å². The van der Waals surface area contributed by atoms with Gasteiger partial charge in [-0.3, -0.25) is 0 Å². The molecule has 0 saturated heterocycles. The zero-order chi connectivity index (χ0) is 35.4. The standard InChI is InChI=1S/C49H41N3/c1-30-11-10-12-35(25-30)52-46-23-19-31(50-33-17-21-38-36-13-6-8-15-42(36)48(2,3)44(38)28-33)26-40(46)41-27-32(20-24-47(41)52)51-34-18-22-39-37-14-7-9-16-43(37)49(4,5)45(39)29-34/h6-29,50-51H,1-5H3. The smallest absolute Gasteiger partial charge is 0.0542 e. The highest BCUT2D eigenvalue weighted by Crippen LogP contribution is 2.51. The van der Waals surface area contributed by atoms with Crippen molar-refractivity contribution in [1.29, 1.82) is 0 Å². The van der Waals surface area contributed by atoms with Crippen molar-refractivity contribution in [3.8, 4) is 27.9 Å². The number of benzene rings is 7. The predicted octanol–water partition coefficient (Wildman–Crippen LogP) is 13.2. The van der Waals surface area contributed by atoms with Crippen LogP contribution in [-0.2, 0) is 10.8 Å². The summed E-state index contributed by atoms with van der Waals surface area (Å²) >= 11 is 0. The van der Waals surface area contributed by atoms with E-state index < -0.39 is 0 Å². The van der Waals surface area contributed by atoms with Crippen LogP contribution in [0.2, 0.25) is 0 Å². The van der Waals surface area contributed by atoms with Crippen molar-refractivity contribution in [2.45, 2.75) is 45.4 Å². The van der Waals surface area contributed by atoms with Crippen LogP contribution in [0.25, 0.3) is 49.7 Å². The van der Waals surface area contributed by atoms with Crippen LogP contribution in [-0.4, -0.2) is 4.57 Å². The van der Waals surface area contributed by atoms with Gasteiger partial charge in [0, 0.05) is 50.0 Å². The van der Waals surface area contributed by atoms with E-state index in [1.807, 2.05) is 0 Å². The van der Waals surface area contributed by atoms with Crippen LogP contribution in [0, 0.1) is 6.92 Å². The predicted molar refractivity (Wildman–Crippen MR) is 220 cm³/mol. The molecule has 2 aliphatic rings. The number of aromatic nitrogens is 1. The van der Waals surface area contributed by atoms with E-state index in [-0.39, 0.29) is 10.8 Å². The van der Waals surface area contributed by atoms with Crippen molar-refractivity contribution in [3.63, 3.8) is 0 Å². The minimum atomic E-state index is -0.0449. The maximum absolute atomic E-state index is 3.78. The van der Waals surface area contributed by atoms with Crippen LogP contribution in [0.3, 0.4) is 0 Å². The first-order chi connectivity index (χ1) is 25.2. The van der Waals surface area contributed by atoms with Crippen molar-refractivity contribution in [2.75, 3.05) is 10.6 Å². The fourth-order valence-corrected chi connectivity index (χ4v) is 9.12. The number of rotatable bonds is 5. The largest absolute Gasteiger partial charge is 0.355 e. The molecule has 0 radical (unpaired) electrons. The number of hydrogen-bond acceptors (Lipinski definition) is 2. The van der Waals surface area contributed by atoms with Crippen molar-refractivity contribution in [1.82, 2.24) is 4.57 Å². The SMILES string of the molecule is Cc1cccc(-n2c3ccc(Nc4ccc5c(c4)C(C)(C)c4ccccc4-5)cc3c3cc(Nc4ccc5c(c4)C(C)(C)c4ccccc4-5)ccc32)c1. The first-order valence-electron chi connectivity index (χ1n) is 18.3. The van der Waals surface area contributed by atoms with Gasteiger partial charge in [-0.15, -0.1) is 0 Å². The van der Waals surface area contributed by atoms with Gasteiger partial charge in [-0.2, -0.15) is 0 Å². The fraction of sp³-hybridized carbons (Fsp3) is 0.143. The van der Waals surface area contributed by atoms with E-state index >= 15 is 0 Å². The third-order valence-corrected chi connectivity index (χ3v) is 11.8. The Morgan fingerprint density at radius 3 is 1.35 bits per heavy atom. The van der Waals surface area contributed by atoms with E-state index in [1.165, 1.54) is 77.6 Å². The summed E-state index contributed by atoms with van der Waals surface area (Å²) in [5.41, 5.74) is 19.9. The Morgan fingerprint density at radius 1 is 0.404 bits per heavy atom. The molecule has 1 heterocycles. The lowest BCUT2D eigenvalue weighted by Gasteiger charge is -2.22. The minimum absolute atomic E-state index is 0.0449. The molecule has 0 aliphatic heterocycles. The normalized spacial score (nSPS) is 14.6. The quantitative estimate of drug-likeness (QED) is 0.191. The van der Waals surface area contributed by atoms with Gasteiger partial charge in [0.2, 0.25) is 0 Å². The molecule has 3 nitrogen and oxygen atoms in total. The molecule has 52 heavy (non-hydrogen) atoms. The molecule has 252 valence electrons. The second kappa shape index (κ2) is 11.0. The summed E-state index contributed by atoms with van der Waals surface area (Å²) in [6.07, 6.45) is 0. The molecule has 0 amide bonds. The Hall–Kier alpha value is -6.06. The molecule has 0 spiro atoms. The summed E-state index contributed by atoms with van der Waals surface area (Å²) in [7, 11) is 0. The van der Waals surface area contributed by atoms with Gasteiger partial charge in [-0.1, -0.05) is 100 Å². The van der Waals surface area contributed by atoms with Crippen LogP contribution in [0.15, 0.2) is 146 Å². The number of fused-ring (bicyclic) bond motifs is 9. The highest BCUT2D eigenvalue weighted by Gasteiger charge is 2.36. The zero-order valence-corrected chi connectivity index (χ0v) is 30.3. The summed E-state index contributed by atoms with van der Waals surface area (Å²) in [6, 6.07) is 53.7. The molecule has 7 aromatic carbocycles. The molecular formula is C49H41N3. The van der Waals surface area contributed by atoms with Crippen molar-refractivity contribution in [2.24, 2.45) is 0 Å². The van der Waals surface area contributed by atoms with E-state index in [4.69, 9.17) is 0 Å². The number of nitrogens with one attached hydrogen (secondary N) is 2. The lowest BCUT2D eigenvalue weighted by atomic mass is 9.82. The summed E-state index contributed by atoms with van der Waals surface area (Å²) in [5, 5.41) is 9.99. The zero-order valence-electron chi connectivity index (χ0n) is 30.3. The average Bonchev–Trinajstić information content (AvgIpc) is 3.68. The molecule has 1 aromatic heterocycles. The second-order valence-corrected chi connectivity index (χ2v) is 15.8. The Balaban J connectivity index is 1.05. The molecule has 2 N–H and O–H groups in total. The van der Waals surface area contributed by atoms with Crippen LogP contribution in [0.1, 0.15) is 55.5 Å². The maximum atomic E-state index is 3.78. The van der Waals surface area contributed by atoms with Gasteiger partial charge in [-0.25, -0.2) is 0 Å². The van der Waals surface area contributed by atoms with Gasteiger partial charge in [0.25, 0.3) is 0 Å². The maximum Gasteiger partial charge on any atom is 0.0542 e. The molecule has 0 bridgehead atoms. The third-order valence-electron chi connectivity index (χ3n) is 11.8. The minimum Gasteiger partial charge on any atom is -0.355 e. The van der Waals surface area contributed by atoms with Gasteiger partial charge < -0.3 is 15.2 Å². The highest BCUT2D eigenvalue weighted by atomic mass is 15.0. The van der Waals surface area contributed by atoms with Crippen molar-refractivity contribution < 1.29 is 0 Å². The molecule has 0 atom stereocenters. The van der Waals surface area contributed by atoms with Crippen LogP contribution >= 0.6 is 0 Å². The third kappa shape index (κ3) is 4.52. The molecular weight excluding hydrogens is 631 g/mol. The number of anilines is 4. The highest BCUT2D eigenvalue weighted by molar-refractivity contribution is 6.11. The summed E-state index contributed by atoms with van der Waals surface area (Å²) < 4.78 is 2.40. The topological polar surface area (TPSA) is 29.0 Å². The lowest BCUT2D eigenvalue weighted by molar-refractivity contribution is 0.660. The molecule has 3 heteroatoms. The van der Waals surface area contributed by atoms with E-state index in [0.717, 1.165) is 22.7 Å². The van der Waals surface area contributed by atoms with E-state index in [1.54, 1.807) is 0 Å². The Morgan fingerprint density at radius 2 is 0.846 bits per heavy atom. The molecule has 10 rings (SSSR count). The first-order valence-corrected chi connectivity index (χ1v) is 18.3. The summed E-state index contributed by atoms with van der Waals surface area (Å²) in [5.74, 6) is 0. The van der Waals surface area contributed by atoms with E-state index in [9.17, 15) is 0 Å². The van der Waals surface area contributed by atoms with Crippen molar-refractivity contribution in [3.05, 3.63) is 173 Å². The Bertz CT molecular complexity index is 2590. The van der Waals surface area contributed by atoms with Gasteiger partial charge in [0.1, 0.15) is 0 Å². The molecule has 8 aromatic rings. The monoisotopic (exact) mass is 671 g/mol. The van der Waals surface area contributed by atoms with Gasteiger partial charge in [0.15, 0.2) is 0 Å². The molecule has 0 unspecified atom stereocenters. The molecule has 2 aliphatic carbocycles. The molecule has 0 fully saturated rings. The van der Waals surface area contributed by atoms with E-state index in [2.05, 4.69) is 195 Å². The van der Waals surface area contributed by atoms with Gasteiger partial charge in [0.05, 0.1) is 11.0 Å². The Labute approximate surface area is 305 Å². The van der Waals surface area contributed by atoms with E-state index in [0.29, 0.717) is 0 Å². The molecule has 0 saturated carbocycles. The Kier molecular flexibility index (Phi) is 6.48. The number of hydrogen-bond donors (Lipinski definition) is 2. The van der Waals surface area contributed by atoms with Crippen LogP contribution in [0.5, 0.6) is 0 Å². The number of nitrogens with zero attached hydrogens (tertiary/aromatic N) is 1. The fourth-order valence-electron chi connectivity index (χ4n) is 9.12. The van der Waals surface area contributed by atoms with Gasteiger partial charge in [-0.05, 0) is 130 Å².